The molecule has 158 valence electrons. The topological polar surface area (TPSA) is 111 Å². The first-order chi connectivity index (χ1) is 14.4. The standard InChI is InChI=1S/C21H23FN4O4/c1-25(9-10-27)19(28)13-30-17-4-2-3-14(11-17)20(29)18-12-24-26(21(18)23)16-7-5-15(22)6-8-16/h2-8,12,14,27H,9-11,13,23H2,1H3. The smallest absolute Gasteiger partial charge is 0.260 e. The molecule has 0 aliphatic heterocycles. The number of nitrogen functional groups attached to an aromatic ring is 1. The summed E-state index contributed by atoms with van der Waals surface area (Å²) in [6, 6.07) is 5.62. The van der Waals surface area contributed by atoms with Crippen LogP contribution in [0, 0.1) is 11.7 Å². The van der Waals surface area contributed by atoms with E-state index in [2.05, 4.69) is 5.10 Å². The van der Waals surface area contributed by atoms with E-state index in [4.69, 9.17) is 15.6 Å². The lowest BCUT2D eigenvalue weighted by molar-refractivity contribution is -0.134. The highest BCUT2D eigenvalue weighted by molar-refractivity contribution is 6.02. The Balaban J connectivity index is 1.65. The van der Waals surface area contributed by atoms with Gasteiger partial charge in [0.05, 0.1) is 29.8 Å². The number of anilines is 1. The van der Waals surface area contributed by atoms with Crippen LogP contribution < -0.4 is 5.73 Å². The lowest BCUT2D eigenvalue weighted by atomic mass is 9.92. The Labute approximate surface area is 173 Å². The summed E-state index contributed by atoms with van der Waals surface area (Å²) in [7, 11) is 1.57. The van der Waals surface area contributed by atoms with Gasteiger partial charge in [-0.25, -0.2) is 9.07 Å². The first kappa shape index (κ1) is 21.3. The minimum absolute atomic E-state index is 0.128. The molecule has 0 bridgehead atoms. The number of aromatic nitrogens is 2. The number of halogens is 1. The second kappa shape index (κ2) is 9.36. The first-order valence-corrected chi connectivity index (χ1v) is 9.39. The third kappa shape index (κ3) is 4.74. The quantitative estimate of drug-likeness (QED) is 0.636. The van der Waals surface area contributed by atoms with Gasteiger partial charge in [-0.1, -0.05) is 12.2 Å². The van der Waals surface area contributed by atoms with E-state index in [1.54, 1.807) is 25.3 Å². The van der Waals surface area contributed by atoms with E-state index in [0.717, 1.165) is 0 Å². The highest BCUT2D eigenvalue weighted by Gasteiger charge is 2.26. The molecule has 3 N–H and O–H groups in total. The van der Waals surface area contributed by atoms with E-state index in [9.17, 15) is 14.0 Å². The van der Waals surface area contributed by atoms with Gasteiger partial charge < -0.3 is 20.5 Å². The number of Topliss-reactive ketones (excluding diaryl/α,β-unsaturated/α-hetero) is 1. The summed E-state index contributed by atoms with van der Waals surface area (Å²) in [5, 5.41) is 13.0. The second-order valence-electron chi connectivity index (χ2n) is 6.85. The van der Waals surface area contributed by atoms with Crippen LogP contribution in [0.1, 0.15) is 16.8 Å². The van der Waals surface area contributed by atoms with E-state index in [0.29, 0.717) is 11.4 Å². The van der Waals surface area contributed by atoms with Crippen molar-refractivity contribution in [2.45, 2.75) is 6.42 Å². The number of hydrogen-bond donors (Lipinski definition) is 2. The molecule has 1 aromatic carbocycles. The summed E-state index contributed by atoms with van der Waals surface area (Å²) in [4.78, 5) is 26.3. The Hall–Kier alpha value is -3.46. The fraction of sp³-hybridized carbons (Fsp3) is 0.286. The maximum atomic E-state index is 13.1. The van der Waals surface area contributed by atoms with Crippen molar-refractivity contribution in [3.8, 4) is 5.69 Å². The summed E-state index contributed by atoms with van der Waals surface area (Å²) in [5.41, 5.74) is 6.92. The number of ether oxygens (including phenoxy) is 1. The molecule has 1 aliphatic carbocycles. The first-order valence-electron chi connectivity index (χ1n) is 9.39. The van der Waals surface area contributed by atoms with Crippen LogP contribution in [-0.2, 0) is 9.53 Å². The molecule has 1 aromatic heterocycles. The average Bonchev–Trinajstić information content (AvgIpc) is 3.13. The monoisotopic (exact) mass is 414 g/mol. The van der Waals surface area contributed by atoms with Crippen LogP contribution in [-0.4, -0.2) is 58.3 Å². The molecule has 30 heavy (non-hydrogen) atoms. The Morgan fingerprint density at radius 1 is 1.37 bits per heavy atom. The molecule has 1 unspecified atom stereocenters. The van der Waals surface area contributed by atoms with Crippen molar-refractivity contribution in [1.29, 1.82) is 0 Å². The molecule has 0 spiro atoms. The lowest BCUT2D eigenvalue weighted by Crippen LogP contribution is -2.32. The Morgan fingerprint density at radius 2 is 2.10 bits per heavy atom. The lowest BCUT2D eigenvalue weighted by Gasteiger charge is -2.20. The van der Waals surface area contributed by atoms with Gasteiger partial charge in [-0.3, -0.25) is 9.59 Å². The molecule has 0 saturated carbocycles. The molecule has 0 saturated heterocycles. The van der Waals surface area contributed by atoms with E-state index in [1.165, 1.54) is 40.0 Å². The van der Waals surface area contributed by atoms with Gasteiger partial charge in [0.1, 0.15) is 11.6 Å². The molecule has 3 rings (SSSR count). The summed E-state index contributed by atoms with van der Waals surface area (Å²) < 4.78 is 20.1. The number of benzene rings is 1. The van der Waals surface area contributed by atoms with E-state index >= 15 is 0 Å². The van der Waals surface area contributed by atoms with Gasteiger partial charge in [0.2, 0.25) is 0 Å². The second-order valence-corrected chi connectivity index (χ2v) is 6.85. The Kier molecular flexibility index (Phi) is 6.63. The predicted molar refractivity (Wildman–Crippen MR) is 108 cm³/mol. The number of aliphatic hydroxyl groups excluding tert-OH is 1. The predicted octanol–water partition coefficient (Wildman–Crippen LogP) is 1.70. The van der Waals surface area contributed by atoms with Crippen molar-refractivity contribution >= 4 is 17.5 Å². The van der Waals surface area contributed by atoms with Crippen LogP contribution in [0.2, 0.25) is 0 Å². The minimum atomic E-state index is -0.511. The Bertz CT molecular complexity index is 981. The number of rotatable bonds is 8. The van der Waals surface area contributed by atoms with Crippen molar-refractivity contribution in [3.63, 3.8) is 0 Å². The molecule has 1 atom stereocenters. The van der Waals surface area contributed by atoms with Gasteiger partial charge in [0.15, 0.2) is 12.4 Å². The highest BCUT2D eigenvalue weighted by atomic mass is 19.1. The number of likely N-dealkylation sites (N-methyl/N-ethyl adjacent to an activating group) is 1. The molecular formula is C21H23FN4O4. The zero-order valence-electron chi connectivity index (χ0n) is 16.5. The summed E-state index contributed by atoms with van der Waals surface area (Å²) in [5.74, 6) is -0.719. The van der Waals surface area contributed by atoms with Crippen molar-refractivity contribution in [3.05, 3.63) is 65.8 Å². The summed E-state index contributed by atoms with van der Waals surface area (Å²) in [6.45, 7) is -0.0847. The van der Waals surface area contributed by atoms with Crippen molar-refractivity contribution in [1.82, 2.24) is 14.7 Å². The van der Waals surface area contributed by atoms with Gasteiger partial charge in [0, 0.05) is 25.9 Å². The van der Waals surface area contributed by atoms with Gasteiger partial charge in [-0.05, 0) is 30.3 Å². The average molecular weight is 414 g/mol. The van der Waals surface area contributed by atoms with Crippen LogP contribution in [0.3, 0.4) is 0 Å². The zero-order chi connectivity index (χ0) is 21.7. The molecule has 0 radical (unpaired) electrons. The minimum Gasteiger partial charge on any atom is -0.488 e. The van der Waals surface area contributed by atoms with Crippen LogP contribution in [0.4, 0.5) is 10.2 Å². The zero-order valence-corrected chi connectivity index (χ0v) is 16.5. The van der Waals surface area contributed by atoms with Crippen molar-refractivity contribution in [2.75, 3.05) is 32.5 Å². The molecule has 0 fully saturated rings. The summed E-state index contributed by atoms with van der Waals surface area (Å²) >= 11 is 0. The number of carbonyl (C=O) groups excluding carboxylic acids is 2. The molecule has 1 amide bonds. The molecule has 9 heteroatoms. The number of carbonyl (C=O) groups is 2. The van der Waals surface area contributed by atoms with Crippen LogP contribution in [0.5, 0.6) is 0 Å². The molecular weight excluding hydrogens is 391 g/mol. The largest absolute Gasteiger partial charge is 0.488 e. The maximum absolute atomic E-state index is 13.1. The van der Waals surface area contributed by atoms with E-state index in [1.807, 2.05) is 0 Å². The number of amides is 1. The van der Waals surface area contributed by atoms with Gasteiger partial charge >= 0.3 is 0 Å². The molecule has 1 heterocycles. The van der Waals surface area contributed by atoms with Crippen LogP contribution >= 0.6 is 0 Å². The molecule has 1 aliphatic rings. The number of ketones is 1. The number of hydrogen-bond acceptors (Lipinski definition) is 6. The Morgan fingerprint density at radius 3 is 2.80 bits per heavy atom. The fourth-order valence-electron chi connectivity index (χ4n) is 3.01. The van der Waals surface area contributed by atoms with Gasteiger partial charge in [-0.2, -0.15) is 5.10 Å². The maximum Gasteiger partial charge on any atom is 0.260 e. The SMILES string of the molecule is CN(CCO)C(=O)COC1=CC=CC(C(=O)c2cnn(-c3ccc(F)cc3)c2N)C1. The third-order valence-corrected chi connectivity index (χ3v) is 4.77. The molecule has 8 nitrogen and oxygen atoms in total. The van der Waals surface area contributed by atoms with E-state index in [-0.39, 0.29) is 55.1 Å². The third-order valence-electron chi connectivity index (χ3n) is 4.77. The van der Waals surface area contributed by atoms with Crippen LogP contribution in [0.25, 0.3) is 5.69 Å². The van der Waals surface area contributed by atoms with Crippen molar-refractivity contribution < 1.29 is 23.8 Å². The van der Waals surface area contributed by atoms with Gasteiger partial charge in [0.25, 0.3) is 5.91 Å². The fourth-order valence-corrected chi connectivity index (χ4v) is 3.01. The number of nitrogens with zero attached hydrogens (tertiary/aromatic N) is 3. The number of nitrogens with two attached hydrogens (primary N) is 1. The number of aliphatic hydroxyl groups is 1. The molecule has 2 aromatic rings. The van der Waals surface area contributed by atoms with Gasteiger partial charge in [-0.15, -0.1) is 0 Å². The van der Waals surface area contributed by atoms with Crippen LogP contribution in [0.15, 0.2) is 54.4 Å². The number of allylic oxidation sites excluding steroid dienone is 4. The van der Waals surface area contributed by atoms with Crippen molar-refractivity contribution in [2.24, 2.45) is 5.92 Å². The van der Waals surface area contributed by atoms with E-state index < -0.39 is 5.92 Å². The normalized spacial score (nSPS) is 15.6. The summed E-state index contributed by atoms with van der Waals surface area (Å²) in [6.07, 6.45) is 6.82. The highest BCUT2D eigenvalue weighted by Crippen LogP contribution is 2.27.